The van der Waals surface area contributed by atoms with Crippen molar-refractivity contribution in [1.29, 1.82) is 0 Å². The molecule has 5 heteroatoms. The highest BCUT2D eigenvalue weighted by molar-refractivity contribution is 5.32. The Morgan fingerprint density at radius 1 is 1.18 bits per heavy atom. The number of nitro benzene ring substituents is 1. The monoisotopic (exact) mass is 237 g/mol. The number of nitrogens with two attached hydrogens (primary N) is 1. The van der Waals surface area contributed by atoms with Crippen LogP contribution in [0.25, 0.3) is 0 Å². The summed E-state index contributed by atoms with van der Waals surface area (Å²) in [4.78, 5) is 10.1. The fraction of sp³-hybridized carbons (Fsp3) is 0.500. The quantitative estimate of drug-likeness (QED) is 0.407. The highest BCUT2D eigenvalue weighted by Crippen LogP contribution is 2.13. The molecule has 1 rings (SSSR count). The molecular formula is C12H19N3O2. The number of non-ortho nitro benzene ring substituents is 1. The molecule has 3 N–H and O–H groups in total. The molecule has 0 saturated carbocycles. The average molecular weight is 237 g/mol. The number of rotatable bonds is 8. The molecular weight excluding hydrogens is 218 g/mol. The maximum Gasteiger partial charge on any atom is 0.269 e. The standard InChI is InChI=1S/C12H19N3O2/c13-8-10-14-9-2-1-3-11-4-6-12(7-5-11)15(16)17/h4-7,14H,1-3,8-10,13H2. The molecule has 0 heterocycles. The Bertz CT molecular complexity index is 338. The third-order valence-electron chi connectivity index (χ3n) is 2.54. The van der Waals surface area contributed by atoms with Crippen LogP contribution in [0.5, 0.6) is 0 Å². The summed E-state index contributed by atoms with van der Waals surface area (Å²) in [5.74, 6) is 0. The van der Waals surface area contributed by atoms with E-state index in [-0.39, 0.29) is 10.6 Å². The first-order valence-electron chi connectivity index (χ1n) is 5.88. The van der Waals surface area contributed by atoms with Gasteiger partial charge in [0, 0.05) is 25.2 Å². The zero-order valence-corrected chi connectivity index (χ0v) is 9.89. The minimum atomic E-state index is -0.374. The van der Waals surface area contributed by atoms with Gasteiger partial charge in [0.2, 0.25) is 0 Å². The van der Waals surface area contributed by atoms with Crippen molar-refractivity contribution in [3.63, 3.8) is 0 Å². The van der Waals surface area contributed by atoms with Crippen LogP contribution >= 0.6 is 0 Å². The summed E-state index contributed by atoms with van der Waals surface area (Å²) in [6.07, 6.45) is 3.13. The van der Waals surface area contributed by atoms with E-state index in [1.807, 2.05) is 12.1 Å². The normalized spacial score (nSPS) is 10.4. The van der Waals surface area contributed by atoms with Crippen molar-refractivity contribution in [2.75, 3.05) is 19.6 Å². The van der Waals surface area contributed by atoms with E-state index in [2.05, 4.69) is 5.32 Å². The van der Waals surface area contributed by atoms with Crippen LogP contribution in [0.1, 0.15) is 18.4 Å². The molecule has 1 aromatic carbocycles. The van der Waals surface area contributed by atoms with Crippen molar-refractivity contribution >= 4 is 5.69 Å². The van der Waals surface area contributed by atoms with E-state index in [9.17, 15) is 10.1 Å². The Labute approximate surface area is 101 Å². The van der Waals surface area contributed by atoms with Gasteiger partial charge in [-0.2, -0.15) is 0 Å². The molecule has 0 aliphatic carbocycles. The third-order valence-corrected chi connectivity index (χ3v) is 2.54. The average Bonchev–Trinajstić information content (AvgIpc) is 2.34. The second kappa shape index (κ2) is 7.76. The first-order valence-corrected chi connectivity index (χ1v) is 5.88. The number of nitrogens with one attached hydrogen (secondary N) is 1. The van der Waals surface area contributed by atoms with E-state index in [1.54, 1.807) is 12.1 Å². The van der Waals surface area contributed by atoms with Crippen LogP contribution in [0.2, 0.25) is 0 Å². The van der Waals surface area contributed by atoms with Crippen molar-refractivity contribution in [2.45, 2.75) is 19.3 Å². The van der Waals surface area contributed by atoms with E-state index < -0.39 is 0 Å². The maximum absolute atomic E-state index is 10.5. The molecule has 0 unspecified atom stereocenters. The topological polar surface area (TPSA) is 81.2 Å². The molecule has 0 atom stereocenters. The Balaban J connectivity index is 2.21. The van der Waals surface area contributed by atoms with Gasteiger partial charge in [0.1, 0.15) is 0 Å². The van der Waals surface area contributed by atoms with Gasteiger partial charge in [-0.15, -0.1) is 0 Å². The van der Waals surface area contributed by atoms with Gasteiger partial charge >= 0.3 is 0 Å². The number of unbranched alkanes of at least 4 members (excludes halogenated alkanes) is 1. The van der Waals surface area contributed by atoms with Gasteiger partial charge in [0.15, 0.2) is 0 Å². The molecule has 0 aliphatic rings. The third kappa shape index (κ3) is 5.42. The minimum absolute atomic E-state index is 0.151. The molecule has 1 aromatic rings. The van der Waals surface area contributed by atoms with Crippen molar-refractivity contribution < 1.29 is 4.92 Å². The van der Waals surface area contributed by atoms with Crippen LogP contribution in [0.3, 0.4) is 0 Å². The largest absolute Gasteiger partial charge is 0.329 e. The fourth-order valence-electron chi connectivity index (χ4n) is 1.59. The smallest absolute Gasteiger partial charge is 0.269 e. The first kappa shape index (κ1) is 13.6. The van der Waals surface area contributed by atoms with Gasteiger partial charge in [0.25, 0.3) is 5.69 Å². The lowest BCUT2D eigenvalue weighted by Crippen LogP contribution is -2.23. The SMILES string of the molecule is NCCNCCCCc1ccc([N+](=O)[O-])cc1. The summed E-state index contributed by atoms with van der Waals surface area (Å²) in [7, 11) is 0. The summed E-state index contributed by atoms with van der Waals surface area (Å²) in [5.41, 5.74) is 6.65. The molecule has 0 amide bonds. The first-order chi connectivity index (χ1) is 8.24. The van der Waals surface area contributed by atoms with Crippen molar-refractivity contribution in [2.24, 2.45) is 5.73 Å². The Kier molecular flexibility index (Phi) is 6.21. The maximum atomic E-state index is 10.5. The van der Waals surface area contributed by atoms with Crippen molar-refractivity contribution in [3.8, 4) is 0 Å². The summed E-state index contributed by atoms with van der Waals surface area (Å²) in [6, 6.07) is 6.76. The number of nitro groups is 1. The van der Waals surface area contributed by atoms with Crippen LogP contribution < -0.4 is 11.1 Å². The number of hydrogen-bond donors (Lipinski definition) is 2. The zero-order valence-electron chi connectivity index (χ0n) is 9.89. The van der Waals surface area contributed by atoms with Crippen LogP contribution in [-0.2, 0) is 6.42 Å². The molecule has 0 aromatic heterocycles. The van der Waals surface area contributed by atoms with Crippen LogP contribution in [0.15, 0.2) is 24.3 Å². The van der Waals surface area contributed by atoms with E-state index in [4.69, 9.17) is 5.73 Å². The van der Waals surface area contributed by atoms with E-state index in [1.165, 1.54) is 0 Å². The van der Waals surface area contributed by atoms with Gasteiger partial charge in [-0.3, -0.25) is 10.1 Å². The van der Waals surface area contributed by atoms with Crippen LogP contribution in [-0.4, -0.2) is 24.6 Å². The van der Waals surface area contributed by atoms with E-state index in [0.29, 0.717) is 6.54 Å². The summed E-state index contributed by atoms with van der Waals surface area (Å²) >= 11 is 0. The van der Waals surface area contributed by atoms with E-state index >= 15 is 0 Å². The Morgan fingerprint density at radius 2 is 1.88 bits per heavy atom. The van der Waals surface area contributed by atoms with Gasteiger partial charge in [-0.25, -0.2) is 0 Å². The van der Waals surface area contributed by atoms with Gasteiger partial charge in [-0.05, 0) is 31.4 Å². The Hall–Kier alpha value is -1.46. The molecule has 0 aliphatic heterocycles. The lowest BCUT2D eigenvalue weighted by molar-refractivity contribution is -0.384. The molecule has 0 saturated heterocycles. The number of benzene rings is 1. The van der Waals surface area contributed by atoms with Crippen molar-refractivity contribution in [1.82, 2.24) is 5.32 Å². The van der Waals surface area contributed by atoms with Gasteiger partial charge < -0.3 is 11.1 Å². The number of hydrogen-bond acceptors (Lipinski definition) is 4. The lowest BCUT2D eigenvalue weighted by Gasteiger charge is -2.03. The van der Waals surface area contributed by atoms with Gasteiger partial charge in [-0.1, -0.05) is 12.1 Å². The predicted molar refractivity (Wildman–Crippen MR) is 68.0 cm³/mol. The lowest BCUT2D eigenvalue weighted by atomic mass is 10.1. The summed E-state index contributed by atoms with van der Waals surface area (Å²) < 4.78 is 0. The van der Waals surface area contributed by atoms with Crippen molar-refractivity contribution in [3.05, 3.63) is 39.9 Å². The highest BCUT2D eigenvalue weighted by Gasteiger charge is 2.03. The highest BCUT2D eigenvalue weighted by atomic mass is 16.6. The van der Waals surface area contributed by atoms with Crippen LogP contribution in [0.4, 0.5) is 5.69 Å². The fourth-order valence-corrected chi connectivity index (χ4v) is 1.59. The molecule has 0 fully saturated rings. The molecule has 5 nitrogen and oxygen atoms in total. The number of nitrogens with zero attached hydrogens (tertiary/aromatic N) is 1. The minimum Gasteiger partial charge on any atom is -0.329 e. The molecule has 17 heavy (non-hydrogen) atoms. The molecule has 94 valence electrons. The van der Waals surface area contributed by atoms with Gasteiger partial charge in [0.05, 0.1) is 4.92 Å². The predicted octanol–water partition coefficient (Wildman–Crippen LogP) is 1.47. The summed E-state index contributed by atoms with van der Waals surface area (Å²) in [6.45, 7) is 2.50. The Morgan fingerprint density at radius 3 is 2.47 bits per heavy atom. The second-order valence-electron chi connectivity index (χ2n) is 3.92. The van der Waals surface area contributed by atoms with E-state index in [0.717, 1.165) is 37.9 Å². The van der Waals surface area contributed by atoms with Crippen LogP contribution in [0, 0.1) is 10.1 Å². The molecule has 0 radical (unpaired) electrons. The second-order valence-corrected chi connectivity index (χ2v) is 3.92. The zero-order chi connectivity index (χ0) is 12.5. The molecule has 0 spiro atoms. The summed E-state index contributed by atoms with van der Waals surface area (Å²) in [5, 5.41) is 13.7. The number of aryl methyl sites for hydroxylation is 1. The molecule has 0 bridgehead atoms.